The molecule has 0 spiro atoms. The monoisotopic (exact) mass is 121 g/mol. The van der Waals surface area contributed by atoms with Crippen LogP contribution in [0.2, 0.25) is 0 Å². The van der Waals surface area contributed by atoms with Crippen LogP contribution in [0.3, 0.4) is 0 Å². The van der Waals surface area contributed by atoms with Crippen molar-refractivity contribution in [2.45, 2.75) is 0 Å². The van der Waals surface area contributed by atoms with Crippen LogP contribution in [0.15, 0.2) is 23.1 Å². The molecule has 2 aliphatic rings. The van der Waals surface area contributed by atoms with Crippen molar-refractivity contribution in [2.75, 3.05) is 0 Å². The van der Waals surface area contributed by atoms with Crippen molar-refractivity contribution in [1.29, 1.82) is 0 Å². The van der Waals surface area contributed by atoms with Gasteiger partial charge in [0.15, 0.2) is 0 Å². The van der Waals surface area contributed by atoms with E-state index in [1.807, 2.05) is 0 Å². The van der Waals surface area contributed by atoms with Crippen LogP contribution >= 0.6 is 0 Å². The Morgan fingerprint density at radius 3 is 3.22 bits per heavy atom. The van der Waals surface area contributed by atoms with Crippen LogP contribution in [-0.2, 0) is 0 Å². The lowest BCUT2D eigenvalue weighted by Crippen LogP contribution is -1.77. The Balaban J connectivity index is 2.79. The van der Waals surface area contributed by atoms with Crippen LogP contribution in [0.4, 0.5) is 0 Å². The van der Waals surface area contributed by atoms with Crippen molar-refractivity contribution >= 4 is 0 Å². The molecule has 0 radical (unpaired) electrons. The number of rotatable bonds is 0. The fourth-order valence-electron chi connectivity index (χ4n) is 0.631. The minimum atomic E-state index is 0.484. The van der Waals surface area contributed by atoms with E-state index in [-0.39, 0.29) is 0 Å². The Kier molecular flexibility index (Phi) is 0.745. The first-order valence-corrected chi connectivity index (χ1v) is 2.48. The van der Waals surface area contributed by atoms with E-state index >= 15 is 0 Å². The van der Waals surface area contributed by atoms with E-state index in [1.165, 1.54) is 12.5 Å². The van der Waals surface area contributed by atoms with Gasteiger partial charge in [0, 0.05) is 0 Å². The number of imidazole rings is 1. The van der Waals surface area contributed by atoms with Gasteiger partial charge < -0.3 is 4.52 Å². The van der Waals surface area contributed by atoms with E-state index in [4.69, 9.17) is 4.52 Å². The van der Waals surface area contributed by atoms with Crippen molar-refractivity contribution < 1.29 is 4.52 Å². The largest absolute Gasteiger partial charge is 0.334 e. The highest BCUT2D eigenvalue weighted by molar-refractivity contribution is 5.45. The number of nitrogens with zero attached hydrogens (tertiary/aromatic N) is 3. The first-order chi connectivity index (χ1) is 4.47. The highest BCUT2D eigenvalue weighted by atomic mass is 16.5. The predicted octanol–water partition coefficient (Wildman–Crippen LogP) is 0.569. The summed E-state index contributed by atoms with van der Waals surface area (Å²) in [4.78, 5) is 7.65. The zero-order valence-electron chi connectivity index (χ0n) is 4.48. The van der Waals surface area contributed by atoms with Gasteiger partial charge in [-0.05, 0) is 6.07 Å². The summed E-state index contributed by atoms with van der Waals surface area (Å²) in [6.07, 6.45) is 2.98. The lowest BCUT2D eigenvalue weighted by Gasteiger charge is -1.86. The van der Waals surface area contributed by atoms with Gasteiger partial charge in [-0.15, -0.1) is 0 Å². The Hall–Kier alpha value is -1.45. The van der Waals surface area contributed by atoms with Gasteiger partial charge in [-0.2, -0.15) is 4.98 Å². The van der Waals surface area contributed by atoms with Crippen LogP contribution in [0.5, 0.6) is 0 Å². The zero-order chi connectivity index (χ0) is 6.10. The molecule has 4 heteroatoms. The van der Waals surface area contributed by atoms with E-state index in [0.717, 1.165) is 5.69 Å². The number of hydrogen-bond acceptors (Lipinski definition) is 4. The van der Waals surface area contributed by atoms with Crippen LogP contribution in [-0.4, -0.2) is 15.1 Å². The molecule has 0 bridgehead atoms. The zero-order valence-corrected chi connectivity index (χ0v) is 4.48. The molecule has 0 aromatic rings. The molecule has 44 valence electrons. The third kappa shape index (κ3) is 0.561. The van der Waals surface area contributed by atoms with E-state index in [0.29, 0.717) is 5.89 Å². The fraction of sp³-hybridized carbons (Fsp3) is 0. The van der Waals surface area contributed by atoms with Crippen molar-refractivity contribution in [2.24, 2.45) is 0 Å². The number of hydrogen-bond donors (Lipinski definition) is 0. The summed E-state index contributed by atoms with van der Waals surface area (Å²) >= 11 is 0. The van der Waals surface area contributed by atoms with E-state index < -0.39 is 0 Å². The lowest BCUT2D eigenvalue weighted by molar-refractivity contribution is 0.403. The Bertz CT molecular complexity index is 252. The molecule has 0 saturated carbocycles. The minimum absolute atomic E-state index is 0.484. The summed E-state index contributed by atoms with van der Waals surface area (Å²) in [5.41, 5.74) is 0.741. The average Bonchev–Trinajstić information content (AvgIpc) is 2.33. The summed E-state index contributed by atoms with van der Waals surface area (Å²) < 4.78 is 4.73. The lowest BCUT2D eigenvalue weighted by atomic mass is 10.4. The molecular weight excluding hydrogens is 118 g/mol. The highest BCUT2D eigenvalue weighted by Crippen LogP contribution is 2.11. The molecule has 0 saturated heterocycles. The van der Waals surface area contributed by atoms with Gasteiger partial charge in [0.05, 0.1) is 6.20 Å². The normalized spacial score (nSPS) is 10.2. The van der Waals surface area contributed by atoms with E-state index in [1.54, 1.807) is 6.07 Å². The van der Waals surface area contributed by atoms with E-state index in [2.05, 4.69) is 15.1 Å². The molecule has 0 amide bonds. The summed E-state index contributed by atoms with van der Waals surface area (Å²) in [6, 6.07) is 1.74. The number of aromatic nitrogens is 3. The first-order valence-electron chi connectivity index (χ1n) is 2.48. The third-order valence-electron chi connectivity index (χ3n) is 1.02. The maximum absolute atomic E-state index is 4.73. The van der Waals surface area contributed by atoms with Gasteiger partial charge in [-0.3, -0.25) is 0 Å². The molecule has 0 N–H and O–H groups in total. The standard InChI is InChI=1S/C5H3N3O/c1-2-8-9-5-4(1)6-3-7-5/h1-3H. The molecule has 2 rings (SSSR count). The third-order valence-corrected chi connectivity index (χ3v) is 1.02. The SMILES string of the molecule is c1cc2ncnc-2on1. The summed E-state index contributed by atoms with van der Waals surface area (Å²) in [5, 5.41) is 3.51. The molecule has 0 unspecified atom stereocenters. The van der Waals surface area contributed by atoms with E-state index in [9.17, 15) is 0 Å². The second kappa shape index (κ2) is 1.51. The molecular formula is C5H3N3O. The van der Waals surface area contributed by atoms with Crippen molar-refractivity contribution in [3.63, 3.8) is 0 Å². The molecule has 0 aliphatic carbocycles. The average molecular weight is 121 g/mol. The molecule has 4 nitrogen and oxygen atoms in total. The summed E-state index contributed by atoms with van der Waals surface area (Å²) in [6.45, 7) is 0. The molecule has 0 aromatic carbocycles. The molecule has 2 heterocycles. The quantitative estimate of drug-likeness (QED) is 0.511. The smallest absolute Gasteiger partial charge is 0.276 e. The fourth-order valence-corrected chi connectivity index (χ4v) is 0.631. The molecule has 0 fully saturated rings. The van der Waals surface area contributed by atoms with Crippen molar-refractivity contribution in [1.82, 2.24) is 15.1 Å². The highest BCUT2D eigenvalue weighted by Gasteiger charge is 2.04. The maximum Gasteiger partial charge on any atom is 0.276 e. The molecule has 9 heavy (non-hydrogen) atoms. The summed E-state index contributed by atoms with van der Waals surface area (Å²) in [7, 11) is 0. The van der Waals surface area contributed by atoms with Gasteiger partial charge in [-0.25, -0.2) is 4.98 Å². The summed E-state index contributed by atoms with van der Waals surface area (Å²) in [5.74, 6) is 0.484. The number of fused-ring (bicyclic) bond motifs is 1. The van der Waals surface area contributed by atoms with Crippen LogP contribution in [0, 0.1) is 0 Å². The molecule has 2 aliphatic heterocycles. The van der Waals surface area contributed by atoms with Crippen LogP contribution in [0.1, 0.15) is 0 Å². The van der Waals surface area contributed by atoms with Gasteiger partial charge in [-0.1, -0.05) is 5.16 Å². The van der Waals surface area contributed by atoms with Gasteiger partial charge in [0.25, 0.3) is 5.89 Å². The second-order valence-electron chi connectivity index (χ2n) is 1.58. The molecule has 0 atom stereocenters. The Labute approximate surface area is 50.9 Å². The minimum Gasteiger partial charge on any atom is -0.334 e. The van der Waals surface area contributed by atoms with Crippen LogP contribution in [0.25, 0.3) is 11.6 Å². The van der Waals surface area contributed by atoms with Gasteiger partial charge >= 0.3 is 0 Å². The predicted molar refractivity (Wildman–Crippen MR) is 28.7 cm³/mol. The maximum atomic E-state index is 4.73. The van der Waals surface area contributed by atoms with Gasteiger partial charge in [0.1, 0.15) is 12.0 Å². The first kappa shape index (κ1) is 4.43. The van der Waals surface area contributed by atoms with Crippen LogP contribution < -0.4 is 0 Å². The second-order valence-corrected chi connectivity index (χ2v) is 1.58. The van der Waals surface area contributed by atoms with Crippen molar-refractivity contribution in [3.05, 3.63) is 18.6 Å². The topological polar surface area (TPSA) is 51.8 Å². The Morgan fingerprint density at radius 1 is 1.33 bits per heavy atom. The van der Waals surface area contributed by atoms with Crippen molar-refractivity contribution in [3.8, 4) is 11.6 Å². The van der Waals surface area contributed by atoms with Gasteiger partial charge in [0.2, 0.25) is 0 Å². The molecule has 0 aromatic heterocycles. The Morgan fingerprint density at radius 2 is 2.33 bits per heavy atom.